The molecule has 174 valence electrons. The number of anilines is 1. The Hall–Kier alpha value is -4.04. The zero-order chi connectivity index (χ0) is 23.9. The number of benzene rings is 3. The first-order chi connectivity index (χ1) is 16.5. The molecule has 0 atom stereocenters. The smallest absolute Gasteiger partial charge is 0.336 e. The molecule has 4 aromatic rings. The molecular formula is C26H25FN4O3. The number of amides is 1. The second-order valence-corrected chi connectivity index (χ2v) is 7.55. The first kappa shape index (κ1) is 23.1. The summed E-state index contributed by atoms with van der Waals surface area (Å²) in [6.45, 7) is 5.18. The van der Waals surface area contributed by atoms with Gasteiger partial charge in [0.15, 0.2) is 5.82 Å². The number of carbonyl (C=O) groups excluding carboxylic acids is 1. The minimum atomic E-state index is -0.344. The highest BCUT2D eigenvalue weighted by Gasteiger charge is 2.16. The fraction of sp³-hybridized carbons (Fsp3) is 0.192. The topological polar surface area (TPSA) is 78.3 Å². The summed E-state index contributed by atoms with van der Waals surface area (Å²) < 4.78 is 26.0. The lowest BCUT2D eigenvalue weighted by molar-refractivity contribution is 0.102. The summed E-state index contributed by atoms with van der Waals surface area (Å²) >= 11 is 0. The maximum Gasteiger partial charge on any atom is 0.336 e. The predicted molar refractivity (Wildman–Crippen MR) is 128 cm³/mol. The molecule has 0 aliphatic carbocycles. The van der Waals surface area contributed by atoms with E-state index in [1.54, 1.807) is 41.1 Å². The minimum Gasteiger partial charge on any atom is -0.460 e. The molecule has 34 heavy (non-hydrogen) atoms. The number of ether oxygens (including phenoxy) is 2. The van der Waals surface area contributed by atoms with Crippen LogP contribution in [-0.4, -0.2) is 40.5 Å². The molecule has 1 aromatic heterocycles. The SMILES string of the molecule is CCOCCOc1nc(-c2ccc(F)cc2)n(-c2cccc(NC(=O)c3ccc(C)cc3)c2)n1. The van der Waals surface area contributed by atoms with E-state index >= 15 is 0 Å². The highest BCUT2D eigenvalue weighted by atomic mass is 19.1. The van der Waals surface area contributed by atoms with E-state index < -0.39 is 0 Å². The van der Waals surface area contributed by atoms with Gasteiger partial charge in [-0.1, -0.05) is 23.8 Å². The lowest BCUT2D eigenvalue weighted by Crippen LogP contribution is -2.12. The van der Waals surface area contributed by atoms with Gasteiger partial charge in [-0.25, -0.2) is 9.07 Å². The Morgan fingerprint density at radius 2 is 1.79 bits per heavy atom. The second kappa shape index (κ2) is 10.7. The van der Waals surface area contributed by atoms with Crippen LogP contribution in [0.25, 0.3) is 17.1 Å². The molecule has 0 fully saturated rings. The Kier molecular flexibility index (Phi) is 7.29. The Labute approximate surface area is 197 Å². The van der Waals surface area contributed by atoms with Crippen molar-refractivity contribution in [3.63, 3.8) is 0 Å². The number of hydrogen-bond donors (Lipinski definition) is 1. The lowest BCUT2D eigenvalue weighted by Gasteiger charge is -2.10. The van der Waals surface area contributed by atoms with E-state index in [9.17, 15) is 9.18 Å². The third-order valence-corrected chi connectivity index (χ3v) is 5.02. The Balaban J connectivity index is 1.62. The van der Waals surface area contributed by atoms with Crippen molar-refractivity contribution in [1.82, 2.24) is 14.8 Å². The van der Waals surface area contributed by atoms with Crippen molar-refractivity contribution in [1.29, 1.82) is 0 Å². The number of aromatic nitrogens is 3. The number of carbonyl (C=O) groups is 1. The van der Waals surface area contributed by atoms with Crippen LogP contribution in [0.2, 0.25) is 0 Å². The van der Waals surface area contributed by atoms with Crippen LogP contribution < -0.4 is 10.1 Å². The van der Waals surface area contributed by atoms with E-state index in [1.807, 2.05) is 38.1 Å². The third kappa shape index (κ3) is 5.65. The molecule has 1 amide bonds. The molecular weight excluding hydrogens is 435 g/mol. The summed E-state index contributed by atoms with van der Waals surface area (Å²) in [4.78, 5) is 17.2. The summed E-state index contributed by atoms with van der Waals surface area (Å²) in [5, 5.41) is 7.40. The predicted octanol–water partition coefficient (Wildman–Crippen LogP) is 5.05. The zero-order valence-electron chi connectivity index (χ0n) is 19.0. The standard InChI is InChI=1S/C26H25FN4O3/c1-3-33-15-16-34-26-29-24(19-11-13-21(27)14-12-19)31(30-26)23-6-4-5-22(17-23)28-25(32)20-9-7-18(2)8-10-20/h4-14,17H,3,15-16H2,1-2H3,(H,28,32). The van der Waals surface area contributed by atoms with Crippen molar-refractivity contribution in [3.05, 3.63) is 89.7 Å². The number of hydrogen-bond acceptors (Lipinski definition) is 5. The van der Waals surface area contributed by atoms with Gasteiger partial charge in [-0.15, -0.1) is 5.10 Å². The maximum atomic E-state index is 13.5. The van der Waals surface area contributed by atoms with Crippen LogP contribution >= 0.6 is 0 Å². The average molecular weight is 461 g/mol. The van der Waals surface area contributed by atoms with Crippen LogP contribution in [0.3, 0.4) is 0 Å². The van der Waals surface area contributed by atoms with Gasteiger partial charge in [0.2, 0.25) is 0 Å². The molecule has 0 aliphatic rings. The summed E-state index contributed by atoms with van der Waals surface area (Å²) in [5.74, 6) is -0.0771. The van der Waals surface area contributed by atoms with Crippen molar-refractivity contribution in [3.8, 4) is 23.1 Å². The van der Waals surface area contributed by atoms with Crippen LogP contribution in [0.15, 0.2) is 72.8 Å². The summed E-state index contributed by atoms with van der Waals surface area (Å²) in [6, 6.07) is 20.7. The molecule has 0 unspecified atom stereocenters. The first-order valence-electron chi connectivity index (χ1n) is 11.0. The van der Waals surface area contributed by atoms with Crippen molar-refractivity contribution in [2.24, 2.45) is 0 Å². The van der Waals surface area contributed by atoms with Gasteiger partial charge >= 0.3 is 6.01 Å². The van der Waals surface area contributed by atoms with Crippen LogP contribution in [0.5, 0.6) is 6.01 Å². The Morgan fingerprint density at radius 3 is 2.53 bits per heavy atom. The van der Waals surface area contributed by atoms with Crippen LogP contribution in [0.4, 0.5) is 10.1 Å². The van der Waals surface area contributed by atoms with E-state index in [0.717, 1.165) is 5.56 Å². The highest BCUT2D eigenvalue weighted by Crippen LogP contribution is 2.25. The van der Waals surface area contributed by atoms with Crippen molar-refractivity contribution in [2.75, 3.05) is 25.1 Å². The lowest BCUT2D eigenvalue weighted by atomic mass is 10.1. The molecule has 4 rings (SSSR count). The van der Waals surface area contributed by atoms with Gasteiger partial charge in [0, 0.05) is 23.4 Å². The second-order valence-electron chi connectivity index (χ2n) is 7.55. The molecule has 0 spiro atoms. The van der Waals surface area contributed by atoms with Crippen LogP contribution in [-0.2, 0) is 4.74 Å². The van der Waals surface area contributed by atoms with Gasteiger partial charge in [-0.3, -0.25) is 4.79 Å². The Morgan fingerprint density at radius 1 is 1.03 bits per heavy atom. The molecule has 0 bridgehead atoms. The first-order valence-corrected chi connectivity index (χ1v) is 11.0. The molecule has 1 N–H and O–H groups in total. The molecule has 3 aromatic carbocycles. The largest absolute Gasteiger partial charge is 0.460 e. The average Bonchev–Trinajstić information content (AvgIpc) is 3.27. The van der Waals surface area contributed by atoms with Gasteiger partial charge in [0.05, 0.1) is 12.3 Å². The van der Waals surface area contributed by atoms with E-state index in [4.69, 9.17) is 9.47 Å². The van der Waals surface area contributed by atoms with Gasteiger partial charge in [-0.05, 0) is 68.4 Å². The van der Waals surface area contributed by atoms with Gasteiger partial charge < -0.3 is 14.8 Å². The molecule has 0 aliphatic heterocycles. The molecule has 0 radical (unpaired) electrons. The van der Waals surface area contributed by atoms with Crippen molar-refractivity contribution in [2.45, 2.75) is 13.8 Å². The zero-order valence-corrected chi connectivity index (χ0v) is 19.0. The number of aryl methyl sites for hydroxylation is 1. The molecule has 0 saturated heterocycles. The van der Waals surface area contributed by atoms with E-state index in [1.165, 1.54) is 12.1 Å². The normalized spacial score (nSPS) is 10.8. The summed E-state index contributed by atoms with van der Waals surface area (Å²) in [6.07, 6.45) is 0. The summed E-state index contributed by atoms with van der Waals surface area (Å²) in [7, 11) is 0. The molecule has 8 heteroatoms. The molecule has 7 nitrogen and oxygen atoms in total. The monoisotopic (exact) mass is 460 g/mol. The quantitative estimate of drug-likeness (QED) is 0.354. The maximum absolute atomic E-state index is 13.5. The van der Waals surface area contributed by atoms with Gasteiger partial charge in [0.25, 0.3) is 5.91 Å². The minimum absolute atomic E-state index is 0.174. The van der Waals surface area contributed by atoms with Gasteiger partial charge in [0.1, 0.15) is 12.4 Å². The van der Waals surface area contributed by atoms with E-state index in [2.05, 4.69) is 15.4 Å². The summed E-state index contributed by atoms with van der Waals surface area (Å²) in [5.41, 5.74) is 3.57. The van der Waals surface area contributed by atoms with Crippen molar-refractivity contribution >= 4 is 11.6 Å². The number of rotatable bonds is 9. The number of nitrogens with one attached hydrogen (secondary N) is 1. The van der Waals surface area contributed by atoms with Crippen LogP contribution in [0.1, 0.15) is 22.8 Å². The third-order valence-electron chi connectivity index (χ3n) is 5.02. The van der Waals surface area contributed by atoms with Gasteiger partial charge in [-0.2, -0.15) is 4.98 Å². The Bertz CT molecular complexity index is 1250. The van der Waals surface area contributed by atoms with Crippen LogP contribution in [0, 0.1) is 12.7 Å². The molecule has 0 saturated carbocycles. The fourth-order valence-electron chi connectivity index (χ4n) is 3.28. The van der Waals surface area contributed by atoms with E-state index in [0.29, 0.717) is 48.1 Å². The fourth-order valence-corrected chi connectivity index (χ4v) is 3.28. The van der Waals surface area contributed by atoms with Crippen molar-refractivity contribution < 1.29 is 18.7 Å². The molecule has 1 heterocycles. The highest BCUT2D eigenvalue weighted by molar-refractivity contribution is 6.04. The number of nitrogens with zero attached hydrogens (tertiary/aromatic N) is 3. The van der Waals surface area contributed by atoms with E-state index in [-0.39, 0.29) is 17.7 Å². The number of halogens is 1.